The molecule has 0 saturated carbocycles. The Morgan fingerprint density at radius 1 is 1.35 bits per heavy atom. The molecule has 0 fully saturated rings. The summed E-state index contributed by atoms with van der Waals surface area (Å²) in [4.78, 5) is 36.6. The first kappa shape index (κ1) is 22.9. The molecule has 0 aromatic heterocycles. The number of rotatable bonds is 6. The normalized spacial score (nSPS) is 17.7. The third-order valence-electron chi connectivity index (χ3n) is 4.42. The summed E-state index contributed by atoms with van der Waals surface area (Å²) in [6.45, 7) is 2.24. The predicted octanol–water partition coefficient (Wildman–Crippen LogP) is 0.763. The zero-order chi connectivity index (χ0) is 22.6. The van der Waals surface area contributed by atoms with Crippen LogP contribution >= 0.6 is 11.9 Å². The van der Waals surface area contributed by atoms with Crippen LogP contribution in [0.15, 0.2) is 29.2 Å². The molecule has 1 unspecified atom stereocenters. The fourth-order valence-electron chi connectivity index (χ4n) is 3.12. The number of hydrogen-bond acceptors (Lipinski definition) is 9. The van der Waals surface area contributed by atoms with Crippen molar-refractivity contribution in [1.82, 2.24) is 19.7 Å². The van der Waals surface area contributed by atoms with E-state index < -0.39 is 33.2 Å². The molecule has 0 saturated heterocycles. The van der Waals surface area contributed by atoms with Gasteiger partial charge in [-0.05, 0) is 32.0 Å². The van der Waals surface area contributed by atoms with Crippen molar-refractivity contribution < 1.29 is 32.3 Å². The zero-order valence-electron chi connectivity index (χ0n) is 16.8. The van der Waals surface area contributed by atoms with Gasteiger partial charge < -0.3 is 14.8 Å². The molecular formula is C18H22N4O7S2. The lowest BCUT2D eigenvalue weighted by atomic mass is 10.0. The van der Waals surface area contributed by atoms with Gasteiger partial charge in [-0.1, -0.05) is 6.08 Å². The van der Waals surface area contributed by atoms with E-state index in [1.54, 1.807) is 13.0 Å². The highest BCUT2D eigenvalue weighted by atomic mass is 32.2. The van der Waals surface area contributed by atoms with Gasteiger partial charge in [0.15, 0.2) is 0 Å². The first-order valence-corrected chi connectivity index (χ1v) is 11.7. The van der Waals surface area contributed by atoms with Gasteiger partial charge in [0, 0.05) is 30.6 Å². The van der Waals surface area contributed by atoms with Crippen LogP contribution in [-0.2, 0) is 21.2 Å². The summed E-state index contributed by atoms with van der Waals surface area (Å²) in [5, 5.41) is 1.92. The largest absolute Gasteiger partial charge is 0.492 e. The van der Waals surface area contributed by atoms with Crippen LogP contribution < -0.4 is 24.2 Å². The second-order valence-corrected chi connectivity index (χ2v) is 9.19. The van der Waals surface area contributed by atoms with Crippen LogP contribution in [-0.4, -0.2) is 63.3 Å². The van der Waals surface area contributed by atoms with Crippen LogP contribution in [0.5, 0.6) is 11.5 Å². The minimum Gasteiger partial charge on any atom is -0.492 e. The molecule has 1 aromatic carbocycles. The van der Waals surface area contributed by atoms with Crippen molar-refractivity contribution in [3.8, 4) is 11.5 Å². The zero-order valence-corrected chi connectivity index (χ0v) is 18.5. The van der Waals surface area contributed by atoms with Gasteiger partial charge in [-0.2, -0.15) is 0 Å². The number of nitrogens with zero attached hydrogens (tertiary/aromatic N) is 1. The minimum absolute atomic E-state index is 0.0484. The van der Waals surface area contributed by atoms with Crippen LogP contribution in [0.25, 0.3) is 0 Å². The first-order valence-electron chi connectivity index (χ1n) is 9.36. The van der Waals surface area contributed by atoms with Crippen molar-refractivity contribution in [2.24, 2.45) is 0 Å². The molecule has 31 heavy (non-hydrogen) atoms. The Hall–Kier alpha value is -2.77. The van der Waals surface area contributed by atoms with E-state index in [-0.39, 0.29) is 36.8 Å². The number of imide groups is 1. The van der Waals surface area contributed by atoms with E-state index in [1.807, 2.05) is 4.72 Å². The Labute approximate surface area is 183 Å². The fraction of sp³-hybridized carbons (Fsp3) is 0.389. The first-order chi connectivity index (χ1) is 14.7. The molecule has 13 heteroatoms. The molecule has 1 atom stereocenters. The number of hydrogen-bond donors (Lipinski definition) is 3. The Kier molecular flexibility index (Phi) is 7.08. The number of nitrogens with one attached hydrogen (secondary N) is 3. The lowest BCUT2D eigenvalue weighted by Crippen LogP contribution is -2.49. The van der Waals surface area contributed by atoms with E-state index in [2.05, 4.69) is 10.0 Å². The maximum absolute atomic E-state index is 12.8. The third kappa shape index (κ3) is 5.29. The molecule has 2 aliphatic heterocycles. The summed E-state index contributed by atoms with van der Waals surface area (Å²) in [6, 6.07) is 1.79. The van der Waals surface area contributed by atoms with Gasteiger partial charge >= 0.3 is 11.3 Å². The lowest BCUT2D eigenvalue weighted by Gasteiger charge is -2.28. The molecule has 0 bridgehead atoms. The van der Waals surface area contributed by atoms with Crippen molar-refractivity contribution in [3.05, 3.63) is 29.8 Å². The van der Waals surface area contributed by atoms with Gasteiger partial charge in [-0.3, -0.25) is 19.2 Å². The molecule has 11 nitrogen and oxygen atoms in total. The number of sulfonamides is 1. The molecule has 0 radical (unpaired) electrons. The molecule has 2 heterocycles. The molecule has 0 aliphatic carbocycles. The summed E-state index contributed by atoms with van der Waals surface area (Å²) in [6.07, 6.45) is 3.17. The molecular weight excluding hydrogens is 448 g/mol. The van der Waals surface area contributed by atoms with Gasteiger partial charge in [0.05, 0.1) is 12.6 Å². The SMILES string of the molecule is CCOc1cc2c(cc1S(=O)(=O)NC(=O)SNC)CC(NC(=O)N1CC=CC1=O)CO2. The van der Waals surface area contributed by atoms with Crippen LogP contribution in [0.2, 0.25) is 0 Å². The monoisotopic (exact) mass is 470 g/mol. The van der Waals surface area contributed by atoms with E-state index in [9.17, 15) is 22.8 Å². The molecule has 1 aromatic rings. The smallest absolute Gasteiger partial charge is 0.324 e. The number of fused-ring (bicyclic) bond motifs is 1. The fourth-order valence-corrected chi connectivity index (χ4v) is 4.81. The van der Waals surface area contributed by atoms with E-state index in [0.29, 0.717) is 23.3 Å². The number of amides is 4. The molecule has 0 spiro atoms. The summed E-state index contributed by atoms with van der Waals surface area (Å²) < 4.78 is 41.1. The summed E-state index contributed by atoms with van der Waals surface area (Å²) >= 11 is 0.591. The van der Waals surface area contributed by atoms with Crippen LogP contribution in [0.4, 0.5) is 9.59 Å². The number of ether oxygens (including phenoxy) is 2. The topological polar surface area (TPSA) is 143 Å². The molecule has 3 N–H and O–H groups in total. The van der Waals surface area contributed by atoms with Gasteiger partial charge in [-0.15, -0.1) is 0 Å². The van der Waals surface area contributed by atoms with Crippen molar-refractivity contribution in [2.75, 3.05) is 26.8 Å². The van der Waals surface area contributed by atoms with Gasteiger partial charge in [0.2, 0.25) is 0 Å². The summed E-state index contributed by atoms with van der Waals surface area (Å²) in [7, 11) is -2.73. The van der Waals surface area contributed by atoms with Gasteiger partial charge in [0.1, 0.15) is 23.0 Å². The Balaban J connectivity index is 1.82. The van der Waals surface area contributed by atoms with E-state index >= 15 is 0 Å². The van der Waals surface area contributed by atoms with E-state index in [0.717, 1.165) is 4.90 Å². The number of carbonyl (C=O) groups is 3. The maximum Gasteiger partial charge on any atom is 0.324 e. The van der Waals surface area contributed by atoms with E-state index in [4.69, 9.17) is 9.47 Å². The highest BCUT2D eigenvalue weighted by Crippen LogP contribution is 2.35. The number of carbonyl (C=O) groups excluding carboxylic acids is 3. The third-order valence-corrected chi connectivity index (χ3v) is 6.40. The molecule has 168 valence electrons. The Bertz CT molecular complexity index is 1030. The maximum atomic E-state index is 12.8. The second-order valence-electron chi connectivity index (χ2n) is 6.55. The van der Waals surface area contributed by atoms with Crippen molar-refractivity contribution in [1.29, 1.82) is 0 Å². The number of benzene rings is 1. The average molecular weight is 471 g/mol. The van der Waals surface area contributed by atoms with Crippen molar-refractivity contribution in [3.63, 3.8) is 0 Å². The Morgan fingerprint density at radius 3 is 2.77 bits per heavy atom. The van der Waals surface area contributed by atoms with Crippen LogP contribution in [0, 0.1) is 0 Å². The second kappa shape index (κ2) is 9.58. The molecule has 4 amide bonds. The van der Waals surface area contributed by atoms with Crippen molar-refractivity contribution >= 4 is 39.1 Å². The minimum atomic E-state index is -4.22. The van der Waals surface area contributed by atoms with Crippen molar-refractivity contribution in [2.45, 2.75) is 24.3 Å². The van der Waals surface area contributed by atoms with Crippen LogP contribution in [0.3, 0.4) is 0 Å². The standard InChI is InChI=1S/C18H22N4O7S2/c1-3-28-14-9-13-11(8-15(14)31(26,27)21-18(25)30-19-2)7-12(10-29-13)20-17(24)22-6-4-5-16(22)23/h4-5,8-9,12,19H,3,6-7,10H2,1-2H3,(H,20,24)(H,21,25). The van der Waals surface area contributed by atoms with Crippen LogP contribution in [0.1, 0.15) is 12.5 Å². The quantitative estimate of drug-likeness (QED) is 0.514. The summed E-state index contributed by atoms with van der Waals surface area (Å²) in [5.41, 5.74) is 0.514. The highest BCUT2D eigenvalue weighted by Gasteiger charge is 2.30. The average Bonchev–Trinajstić information content (AvgIpc) is 3.13. The highest BCUT2D eigenvalue weighted by molar-refractivity contribution is 8.13. The molecule has 3 rings (SSSR count). The van der Waals surface area contributed by atoms with E-state index in [1.165, 1.54) is 25.3 Å². The van der Waals surface area contributed by atoms with Gasteiger partial charge in [-0.25, -0.2) is 17.9 Å². The van der Waals surface area contributed by atoms with Gasteiger partial charge in [0.25, 0.3) is 15.9 Å². The molecule has 2 aliphatic rings. The summed E-state index contributed by atoms with van der Waals surface area (Å²) in [5.74, 6) is 0.0644. The Morgan fingerprint density at radius 2 is 2.13 bits per heavy atom. The predicted molar refractivity (Wildman–Crippen MR) is 112 cm³/mol. The number of urea groups is 1. The lowest BCUT2D eigenvalue weighted by molar-refractivity contribution is -0.122.